The number of nitrogens with one attached hydrogen (secondary N) is 1. The normalized spacial score (nSPS) is 10.7. The first-order valence-corrected chi connectivity index (χ1v) is 5.92. The summed E-state index contributed by atoms with van der Waals surface area (Å²) in [5.74, 6) is 0.384. The maximum atomic E-state index is 12.1. The Balaban J connectivity index is 2.42. The summed E-state index contributed by atoms with van der Waals surface area (Å²) in [6, 6.07) is 9.62. The van der Waals surface area contributed by atoms with Crippen molar-refractivity contribution < 1.29 is 9.32 Å². The number of carbonyl (C=O) groups excluding carboxylic acids is 1. The second-order valence-corrected chi connectivity index (χ2v) is 4.46. The fourth-order valence-electron chi connectivity index (χ4n) is 1.77. The average Bonchev–Trinajstić information content (AvgIpc) is 2.71. The van der Waals surface area contributed by atoms with Crippen molar-refractivity contribution in [3.05, 3.63) is 41.7 Å². The van der Waals surface area contributed by atoms with Crippen molar-refractivity contribution in [3.63, 3.8) is 0 Å². The van der Waals surface area contributed by atoms with Gasteiger partial charge in [-0.2, -0.15) is 0 Å². The van der Waals surface area contributed by atoms with Crippen molar-refractivity contribution in [2.75, 3.05) is 0 Å². The van der Waals surface area contributed by atoms with E-state index in [4.69, 9.17) is 4.52 Å². The van der Waals surface area contributed by atoms with Crippen LogP contribution in [0.1, 0.15) is 30.0 Å². The molecule has 0 bridgehead atoms. The maximum Gasteiger partial charge on any atom is 0.257 e. The summed E-state index contributed by atoms with van der Waals surface area (Å²) in [5.41, 5.74) is 1.98. The van der Waals surface area contributed by atoms with Crippen LogP contribution in [0.5, 0.6) is 0 Å². The molecule has 18 heavy (non-hydrogen) atoms. The molecule has 1 amide bonds. The van der Waals surface area contributed by atoms with Crippen LogP contribution < -0.4 is 5.32 Å². The van der Waals surface area contributed by atoms with Crippen molar-refractivity contribution >= 4 is 5.91 Å². The van der Waals surface area contributed by atoms with Gasteiger partial charge in [-0.25, -0.2) is 0 Å². The summed E-state index contributed by atoms with van der Waals surface area (Å²) >= 11 is 0. The Morgan fingerprint density at radius 2 is 1.94 bits per heavy atom. The van der Waals surface area contributed by atoms with Crippen LogP contribution in [-0.4, -0.2) is 17.1 Å². The maximum absolute atomic E-state index is 12.1. The highest BCUT2D eigenvalue weighted by Crippen LogP contribution is 2.24. The second kappa shape index (κ2) is 5.04. The topological polar surface area (TPSA) is 55.1 Å². The molecule has 0 spiro atoms. The van der Waals surface area contributed by atoms with Crippen molar-refractivity contribution in [3.8, 4) is 11.3 Å². The van der Waals surface area contributed by atoms with Gasteiger partial charge in [0, 0.05) is 11.6 Å². The molecule has 0 aliphatic carbocycles. The molecular formula is C14H16N2O2. The van der Waals surface area contributed by atoms with Gasteiger partial charge in [-0.1, -0.05) is 35.5 Å². The Bertz CT molecular complexity index is 544. The standard InChI is InChI=1S/C14H16N2O2/c1-9(2)15-14(17)12-10(3)18-16-13(12)11-7-5-4-6-8-11/h4-9H,1-3H3,(H,15,17). The third-order valence-electron chi connectivity index (χ3n) is 2.56. The first kappa shape index (κ1) is 12.4. The number of hydrogen-bond acceptors (Lipinski definition) is 3. The molecule has 0 unspecified atom stereocenters. The lowest BCUT2D eigenvalue weighted by atomic mass is 10.1. The molecule has 1 N–H and O–H groups in total. The highest BCUT2D eigenvalue weighted by atomic mass is 16.5. The number of amides is 1. The molecule has 1 heterocycles. The number of carbonyl (C=O) groups is 1. The van der Waals surface area contributed by atoms with E-state index in [9.17, 15) is 4.79 Å². The molecule has 2 aromatic rings. The highest BCUT2D eigenvalue weighted by Gasteiger charge is 2.21. The fraction of sp³-hybridized carbons (Fsp3) is 0.286. The van der Waals surface area contributed by atoms with Gasteiger partial charge in [0.1, 0.15) is 17.0 Å². The number of aryl methyl sites for hydroxylation is 1. The van der Waals surface area contributed by atoms with Crippen LogP contribution in [0.3, 0.4) is 0 Å². The van der Waals surface area contributed by atoms with Crippen LogP contribution in [0, 0.1) is 6.92 Å². The van der Waals surface area contributed by atoms with Crippen LogP contribution in [0.2, 0.25) is 0 Å². The largest absolute Gasteiger partial charge is 0.360 e. The van der Waals surface area contributed by atoms with Crippen LogP contribution in [0.25, 0.3) is 11.3 Å². The monoisotopic (exact) mass is 244 g/mol. The third kappa shape index (κ3) is 2.42. The van der Waals surface area contributed by atoms with Gasteiger partial charge in [-0.15, -0.1) is 0 Å². The number of nitrogens with zero attached hydrogens (tertiary/aromatic N) is 1. The Morgan fingerprint density at radius 1 is 1.28 bits per heavy atom. The highest BCUT2D eigenvalue weighted by molar-refractivity contribution is 6.00. The predicted molar refractivity (Wildman–Crippen MR) is 69.3 cm³/mol. The lowest BCUT2D eigenvalue weighted by Crippen LogP contribution is -2.30. The fourth-order valence-corrected chi connectivity index (χ4v) is 1.77. The van der Waals surface area contributed by atoms with Crippen LogP contribution >= 0.6 is 0 Å². The lowest BCUT2D eigenvalue weighted by molar-refractivity contribution is 0.0942. The molecule has 1 aromatic carbocycles. The van der Waals surface area contributed by atoms with E-state index in [0.29, 0.717) is 17.0 Å². The molecule has 0 radical (unpaired) electrons. The zero-order valence-electron chi connectivity index (χ0n) is 10.7. The molecule has 0 aliphatic rings. The van der Waals surface area contributed by atoms with Crippen LogP contribution in [0.4, 0.5) is 0 Å². The molecule has 0 saturated carbocycles. The quantitative estimate of drug-likeness (QED) is 0.903. The van der Waals surface area contributed by atoms with E-state index in [1.54, 1.807) is 6.92 Å². The van der Waals surface area contributed by atoms with Gasteiger partial charge in [-0.3, -0.25) is 4.79 Å². The number of benzene rings is 1. The van der Waals surface area contributed by atoms with Crippen molar-refractivity contribution in [1.29, 1.82) is 0 Å². The number of rotatable bonds is 3. The Hall–Kier alpha value is -2.10. The zero-order chi connectivity index (χ0) is 13.1. The Labute approximate surface area is 106 Å². The molecular weight excluding hydrogens is 228 g/mol. The van der Waals surface area contributed by atoms with E-state index in [1.807, 2.05) is 44.2 Å². The first-order valence-electron chi connectivity index (χ1n) is 5.92. The van der Waals surface area contributed by atoms with Crippen molar-refractivity contribution in [2.45, 2.75) is 26.8 Å². The molecule has 0 saturated heterocycles. The van der Waals surface area contributed by atoms with E-state index in [-0.39, 0.29) is 11.9 Å². The van der Waals surface area contributed by atoms with Gasteiger partial charge in [0.05, 0.1) is 0 Å². The van der Waals surface area contributed by atoms with Crippen molar-refractivity contribution in [2.24, 2.45) is 0 Å². The van der Waals surface area contributed by atoms with E-state index in [2.05, 4.69) is 10.5 Å². The minimum atomic E-state index is -0.150. The van der Waals surface area contributed by atoms with E-state index in [0.717, 1.165) is 5.56 Å². The van der Waals surface area contributed by atoms with Crippen LogP contribution in [0.15, 0.2) is 34.9 Å². The molecule has 4 heteroatoms. The summed E-state index contributed by atoms with van der Waals surface area (Å²) in [4.78, 5) is 12.1. The first-order chi connectivity index (χ1) is 8.59. The van der Waals surface area contributed by atoms with Gasteiger partial charge in [0.15, 0.2) is 0 Å². The molecule has 0 fully saturated rings. The Morgan fingerprint density at radius 3 is 2.56 bits per heavy atom. The van der Waals surface area contributed by atoms with Gasteiger partial charge in [-0.05, 0) is 20.8 Å². The Kier molecular flexibility index (Phi) is 3.46. The van der Waals surface area contributed by atoms with E-state index >= 15 is 0 Å². The molecule has 0 atom stereocenters. The smallest absolute Gasteiger partial charge is 0.257 e. The van der Waals surface area contributed by atoms with Crippen LogP contribution in [-0.2, 0) is 0 Å². The molecule has 0 aliphatic heterocycles. The second-order valence-electron chi connectivity index (χ2n) is 4.46. The van der Waals surface area contributed by atoms with Gasteiger partial charge < -0.3 is 9.84 Å². The van der Waals surface area contributed by atoms with E-state index in [1.165, 1.54) is 0 Å². The van der Waals surface area contributed by atoms with Gasteiger partial charge >= 0.3 is 0 Å². The SMILES string of the molecule is Cc1onc(-c2ccccc2)c1C(=O)NC(C)C. The summed E-state index contributed by atoms with van der Waals surface area (Å²) < 4.78 is 5.14. The van der Waals surface area contributed by atoms with Gasteiger partial charge in [0.2, 0.25) is 0 Å². The molecule has 1 aromatic heterocycles. The van der Waals surface area contributed by atoms with Gasteiger partial charge in [0.25, 0.3) is 5.91 Å². The number of hydrogen-bond donors (Lipinski definition) is 1. The summed E-state index contributed by atoms with van der Waals surface area (Å²) in [7, 11) is 0. The minimum Gasteiger partial charge on any atom is -0.360 e. The molecule has 2 rings (SSSR count). The molecule has 4 nitrogen and oxygen atoms in total. The zero-order valence-corrected chi connectivity index (χ0v) is 10.7. The number of aromatic nitrogens is 1. The molecule has 94 valence electrons. The minimum absolute atomic E-state index is 0.0791. The lowest BCUT2D eigenvalue weighted by Gasteiger charge is -2.08. The van der Waals surface area contributed by atoms with Crippen molar-refractivity contribution in [1.82, 2.24) is 10.5 Å². The third-order valence-corrected chi connectivity index (χ3v) is 2.56. The predicted octanol–water partition coefficient (Wildman–Crippen LogP) is 2.79. The van der Waals surface area contributed by atoms with E-state index < -0.39 is 0 Å². The average molecular weight is 244 g/mol. The summed E-state index contributed by atoms with van der Waals surface area (Å²) in [6.07, 6.45) is 0. The summed E-state index contributed by atoms with van der Waals surface area (Å²) in [6.45, 7) is 5.58. The summed E-state index contributed by atoms with van der Waals surface area (Å²) in [5, 5.41) is 6.84.